The van der Waals surface area contributed by atoms with Crippen LogP contribution in [0.25, 0.3) is 0 Å². The molecule has 1 heterocycles. The van der Waals surface area contributed by atoms with Gasteiger partial charge in [0, 0.05) is 12.6 Å². The average Bonchev–Trinajstić information content (AvgIpc) is 2.54. The van der Waals surface area contributed by atoms with Crippen LogP contribution in [0.3, 0.4) is 0 Å². The van der Waals surface area contributed by atoms with Crippen molar-refractivity contribution in [2.45, 2.75) is 58.4 Å². The summed E-state index contributed by atoms with van der Waals surface area (Å²) >= 11 is 0. The number of carbonyl (C=O) groups is 1. The maximum atomic E-state index is 11.2. The Morgan fingerprint density at radius 2 is 2.06 bits per heavy atom. The molecular formula is C14H25NO2. The van der Waals surface area contributed by atoms with Crippen molar-refractivity contribution in [1.82, 2.24) is 4.90 Å². The Morgan fingerprint density at radius 3 is 2.71 bits per heavy atom. The number of carboxylic acids is 1. The monoisotopic (exact) mass is 239 g/mol. The molecule has 1 aliphatic carbocycles. The number of aliphatic carboxylic acids is 1. The first kappa shape index (κ1) is 12.9. The van der Waals surface area contributed by atoms with Crippen molar-refractivity contribution >= 4 is 5.97 Å². The number of nitrogens with zero attached hydrogens (tertiary/aromatic N) is 1. The molecular weight excluding hydrogens is 214 g/mol. The molecule has 3 unspecified atom stereocenters. The van der Waals surface area contributed by atoms with Crippen LogP contribution in [0.4, 0.5) is 0 Å². The number of hydrogen-bond donors (Lipinski definition) is 1. The molecule has 1 saturated heterocycles. The predicted octanol–water partition coefficient (Wildman–Crippen LogP) is 2.75. The third-order valence-corrected chi connectivity index (χ3v) is 4.76. The smallest absolute Gasteiger partial charge is 0.310 e. The second-order valence-corrected chi connectivity index (χ2v) is 6.35. The average molecular weight is 239 g/mol. The highest BCUT2D eigenvalue weighted by Gasteiger charge is 2.42. The van der Waals surface area contributed by atoms with Crippen LogP contribution in [0.1, 0.15) is 52.4 Å². The van der Waals surface area contributed by atoms with Crippen molar-refractivity contribution < 1.29 is 9.90 Å². The van der Waals surface area contributed by atoms with E-state index in [0.29, 0.717) is 6.04 Å². The van der Waals surface area contributed by atoms with Crippen LogP contribution in [-0.4, -0.2) is 35.1 Å². The lowest BCUT2D eigenvalue weighted by Gasteiger charge is -2.28. The van der Waals surface area contributed by atoms with Crippen LogP contribution < -0.4 is 0 Å². The second-order valence-electron chi connectivity index (χ2n) is 6.35. The summed E-state index contributed by atoms with van der Waals surface area (Å²) in [6.07, 6.45) is 7.31. The first-order valence-corrected chi connectivity index (χ1v) is 6.99. The van der Waals surface area contributed by atoms with Crippen molar-refractivity contribution in [3.8, 4) is 0 Å². The molecule has 1 N–H and O–H groups in total. The van der Waals surface area contributed by atoms with Gasteiger partial charge in [0.05, 0.1) is 5.41 Å². The van der Waals surface area contributed by atoms with Gasteiger partial charge in [-0.25, -0.2) is 0 Å². The summed E-state index contributed by atoms with van der Waals surface area (Å²) in [5.41, 5.74) is -0.502. The van der Waals surface area contributed by atoms with Crippen LogP contribution in [0.15, 0.2) is 0 Å². The van der Waals surface area contributed by atoms with E-state index in [4.69, 9.17) is 0 Å². The van der Waals surface area contributed by atoms with Crippen LogP contribution in [-0.2, 0) is 4.79 Å². The number of rotatable bonds is 2. The molecule has 0 aromatic heterocycles. The van der Waals surface area contributed by atoms with E-state index in [1.807, 2.05) is 6.92 Å². The SMILES string of the molecule is CC1CCCC(N2CCC(C)(C(=O)O)C2)CC1. The molecule has 3 heteroatoms. The van der Waals surface area contributed by atoms with E-state index < -0.39 is 11.4 Å². The molecule has 2 rings (SSSR count). The lowest BCUT2D eigenvalue weighted by Crippen LogP contribution is -2.37. The summed E-state index contributed by atoms with van der Waals surface area (Å²) in [5.74, 6) is 0.232. The maximum absolute atomic E-state index is 11.2. The summed E-state index contributed by atoms with van der Waals surface area (Å²) in [5, 5.41) is 9.26. The van der Waals surface area contributed by atoms with Gasteiger partial charge in [0.1, 0.15) is 0 Å². The lowest BCUT2D eigenvalue weighted by molar-refractivity contribution is -0.147. The van der Waals surface area contributed by atoms with Crippen LogP contribution in [0, 0.1) is 11.3 Å². The first-order chi connectivity index (χ1) is 8.01. The molecule has 0 bridgehead atoms. The largest absolute Gasteiger partial charge is 0.481 e. The molecule has 2 fully saturated rings. The molecule has 0 radical (unpaired) electrons. The van der Waals surface area contributed by atoms with Gasteiger partial charge in [-0.2, -0.15) is 0 Å². The minimum absolute atomic E-state index is 0.502. The normalized spacial score (nSPS) is 40.1. The molecule has 3 nitrogen and oxygen atoms in total. The van der Waals surface area contributed by atoms with Crippen LogP contribution >= 0.6 is 0 Å². The number of hydrogen-bond acceptors (Lipinski definition) is 2. The Morgan fingerprint density at radius 1 is 1.29 bits per heavy atom. The summed E-state index contributed by atoms with van der Waals surface area (Å²) in [6, 6.07) is 0.640. The lowest BCUT2D eigenvalue weighted by atomic mass is 9.90. The molecule has 2 aliphatic rings. The van der Waals surface area contributed by atoms with Crippen molar-refractivity contribution in [1.29, 1.82) is 0 Å². The third kappa shape index (κ3) is 2.82. The molecule has 1 aliphatic heterocycles. The fourth-order valence-corrected chi connectivity index (χ4v) is 3.32. The van der Waals surface area contributed by atoms with E-state index in [9.17, 15) is 9.90 Å². The number of likely N-dealkylation sites (tertiary alicyclic amines) is 1. The highest BCUT2D eigenvalue weighted by atomic mass is 16.4. The van der Waals surface area contributed by atoms with Gasteiger partial charge in [0.2, 0.25) is 0 Å². The molecule has 17 heavy (non-hydrogen) atoms. The van der Waals surface area contributed by atoms with Gasteiger partial charge < -0.3 is 5.11 Å². The second kappa shape index (κ2) is 4.97. The molecule has 98 valence electrons. The predicted molar refractivity (Wildman–Crippen MR) is 68.0 cm³/mol. The third-order valence-electron chi connectivity index (χ3n) is 4.76. The zero-order chi connectivity index (χ0) is 12.5. The van der Waals surface area contributed by atoms with E-state index in [1.165, 1.54) is 32.1 Å². The van der Waals surface area contributed by atoms with Gasteiger partial charge >= 0.3 is 5.97 Å². The van der Waals surface area contributed by atoms with Gasteiger partial charge in [-0.15, -0.1) is 0 Å². The zero-order valence-corrected chi connectivity index (χ0v) is 11.1. The van der Waals surface area contributed by atoms with Crippen molar-refractivity contribution in [3.05, 3.63) is 0 Å². The number of carboxylic acid groups (broad SMARTS) is 1. The molecule has 0 amide bonds. The molecule has 1 saturated carbocycles. The maximum Gasteiger partial charge on any atom is 0.310 e. The highest BCUT2D eigenvalue weighted by Crippen LogP contribution is 2.35. The minimum Gasteiger partial charge on any atom is -0.481 e. The quantitative estimate of drug-likeness (QED) is 0.753. The molecule has 0 aromatic rings. The minimum atomic E-state index is -0.623. The summed E-state index contributed by atoms with van der Waals surface area (Å²) in [7, 11) is 0. The molecule has 0 spiro atoms. The highest BCUT2D eigenvalue weighted by molar-refractivity contribution is 5.74. The summed E-state index contributed by atoms with van der Waals surface area (Å²) < 4.78 is 0. The summed E-state index contributed by atoms with van der Waals surface area (Å²) in [4.78, 5) is 13.7. The van der Waals surface area contributed by atoms with Gasteiger partial charge in [0.25, 0.3) is 0 Å². The van der Waals surface area contributed by atoms with Crippen molar-refractivity contribution in [2.75, 3.05) is 13.1 Å². The Hall–Kier alpha value is -0.570. The standard InChI is InChI=1S/C14H25NO2/c1-11-4-3-5-12(7-6-11)15-9-8-14(2,10-15)13(16)17/h11-12H,3-10H2,1-2H3,(H,16,17). The Balaban J connectivity index is 1.94. The molecule has 0 aromatic carbocycles. The van der Waals surface area contributed by atoms with E-state index in [0.717, 1.165) is 25.4 Å². The first-order valence-electron chi connectivity index (χ1n) is 6.99. The Kier molecular flexibility index (Phi) is 3.76. The van der Waals surface area contributed by atoms with Crippen molar-refractivity contribution in [2.24, 2.45) is 11.3 Å². The van der Waals surface area contributed by atoms with E-state index >= 15 is 0 Å². The Bertz CT molecular complexity index is 292. The fraction of sp³-hybridized carbons (Fsp3) is 0.929. The van der Waals surface area contributed by atoms with E-state index in [1.54, 1.807) is 0 Å². The van der Waals surface area contributed by atoms with Gasteiger partial charge in [-0.3, -0.25) is 9.69 Å². The summed E-state index contributed by atoms with van der Waals surface area (Å²) in [6.45, 7) is 5.96. The Labute approximate surface area is 104 Å². The van der Waals surface area contributed by atoms with Crippen LogP contribution in [0.2, 0.25) is 0 Å². The zero-order valence-electron chi connectivity index (χ0n) is 11.1. The van der Waals surface area contributed by atoms with Gasteiger partial charge in [-0.1, -0.05) is 19.8 Å². The fourth-order valence-electron chi connectivity index (χ4n) is 3.32. The molecule has 3 atom stereocenters. The van der Waals surface area contributed by atoms with Crippen LogP contribution in [0.5, 0.6) is 0 Å². The van der Waals surface area contributed by atoms with Gasteiger partial charge in [-0.05, 0) is 45.1 Å². The topological polar surface area (TPSA) is 40.5 Å². The van der Waals surface area contributed by atoms with Crippen molar-refractivity contribution in [3.63, 3.8) is 0 Å². The van der Waals surface area contributed by atoms with E-state index in [-0.39, 0.29) is 0 Å². The van der Waals surface area contributed by atoms with Gasteiger partial charge in [0.15, 0.2) is 0 Å². The van der Waals surface area contributed by atoms with E-state index in [2.05, 4.69) is 11.8 Å².